The summed E-state index contributed by atoms with van der Waals surface area (Å²) < 4.78 is 1.79. The van der Waals surface area contributed by atoms with E-state index in [1.165, 1.54) is 0 Å². The number of rotatable bonds is 0. The molecule has 2 aromatic rings. The molecule has 0 fully saturated rings. The Morgan fingerprint density at radius 2 is 1.76 bits per heavy atom. The topological polar surface area (TPSA) is 32.9 Å². The van der Waals surface area contributed by atoms with E-state index in [4.69, 9.17) is 0 Å². The zero-order valence-corrected chi connectivity index (χ0v) is 13.1. The molecule has 1 aromatic heterocycles. The van der Waals surface area contributed by atoms with Crippen LogP contribution in [0.25, 0.3) is 10.9 Å². The van der Waals surface area contributed by atoms with Crippen LogP contribution in [0, 0.1) is 0 Å². The lowest BCUT2D eigenvalue weighted by atomic mass is 9.91. The summed E-state index contributed by atoms with van der Waals surface area (Å²) in [5.74, 6) is 0. The predicted octanol–water partition coefficient (Wildman–Crippen LogP) is 4.35. The number of hydrogen-bond donors (Lipinski definition) is 1. The van der Waals surface area contributed by atoms with Gasteiger partial charge in [-0.3, -0.25) is 4.79 Å². The Morgan fingerprint density at radius 1 is 1.12 bits per heavy atom. The summed E-state index contributed by atoms with van der Waals surface area (Å²) in [6.07, 6.45) is 0. The smallest absolute Gasteiger partial charge is 0.189 e. The van der Waals surface area contributed by atoms with E-state index >= 15 is 0 Å². The SMILES string of the molecule is CC(C)(C)c1cc(=O)c2cc(Br)cc(Br)c2[nH]1. The van der Waals surface area contributed by atoms with Crippen molar-refractivity contribution >= 4 is 42.8 Å². The fourth-order valence-corrected chi connectivity index (χ4v) is 3.00. The molecule has 0 saturated carbocycles. The fourth-order valence-electron chi connectivity index (χ4n) is 1.68. The molecule has 4 heteroatoms. The van der Waals surface area contributed by atoms with Gasteiger partial charge in [-0.25, -0.2) is 0 Å². The van der Waals surface area contributed by atoms with Crippen LogP contribution >= 0.6 is 31.9 Å². The Kier molecular flexibility index (Phi) is 3.21. The van der Waals surface area contributed by atoms with Crippen molar-refractivity contribution < 1.29 is 0 Å². The molecule has 0 atom stereocenters. The molecule has 1 aromatic carbocycles. The number of benzene rings is 1. The quantitative estimate of drug-likeness (QED) is 0.746. The summed E-state index contributed by atoms with van der Waals surface area (Å²) in [7, 11) is 0. The van der Waals surface area contributed by atoms with Crippen LogP contribution < -0.4 is 5.43 Å². The molecule has 90 valence electrons. The molecule has 0 unspecified atom stereocenters. The van der Waals surface area contributed by atoms with E-state index < -0.39 is 0 Å². The molecular weight excluding hydrogens is 346 g/mol. The summed E-state index contributed by atoms with van der Waals surface area (Å²) in [4.78, 5) is 15.4. The van der Waals surface area contributed by atoms with E-state index in [0.29, 0.717) is 5.39 Å². The highest BCUT2D eigenvalue weighted by atomic mass is 79.9. The molecule has 0 bridgehead atoms. The third-order valence-corrected chi connectivity index (χ3v) is 3.75. The van der Waals surface area contributed by atoms with E-state index in [1.807, 2.05) is 12.1 Å². The molecular formula is C13H13Br2NO. The van der Waals surface area contributed by atoms with Gasteiger partial charge in [0, 0.05) is 31.5 Å². The van der Waals surface area contributed by atoms with Gasteiger partial charge in [0.2, 0.25) is 0 Å². The van der Waals surface area contributed by atoms with Crippen molar-refractivity contribution in [3.8, 4) is 0 Å². The lowest BCUT2D eigenvalue weighted by Gasteiger charge is -2.19. The normalized spacial score (nSPS) is 12.1. The van der Waals surface area contributed by atoms with Crippen LogP contribution in [0.4, 0.5) is 0 Å². The zero-order chi connectivity index (χ0) is 12.8. The molecule has 0 radical (unpaired) electrons. The Hall–Kier alpha value is -0.610. The van der Waals surface area contributed by atoms with Gasteiger partial charge in [0.05, 0.1) is 5.52 Å². The van der Waals surface area contributed by atoms with Gasteiger partial charge in [-0.1, -0.05) is 36.7 Å². The first-order chi connectivity index (χ1) is 7.79. The van der Waals surface area contributed by atoms with Crippen molar-refractivity contribution in [1.29, 1.82) is 0 Å². The molecule has 0 saturated heterocycles. The molecule has 1 heterocycles. The number of aromatic amines is 1. The molecule has 2 rings (SSSR count). The van der Waals surface area contributed by atoms with E-state index in [1.54, 1.807) is 6.07 Å². The first-order valence-electron chi connectivity index (χ1n) is 5.31. The third-order valence-electron chi connectivity index (χ3n) is 2.66. The van der Waals surface area contributed by atoms with Crippen LogP contribution in [0.3, 0.4) is 0 Å². The standard InChI is InChI=1S/C13H13Br2NO/c1-13(2,3)11-6-10(17)8-4-7(14)5-9(15)12(8)16-11/h4-6H,1-3H3,(H,16,17). The second kappa shape index (κ2) is 4.25. The minimum atomic E-state index is -0.0696. The zero-order valence-electron chi connectivity index (χ0n) is 9.90. The van der Waals surface area contributed by atoms with Gasteiger partial charge in [0.25, 0.3) is 0 Å². The number of aromatic nitrogens is 1. The highest BCUT2D eigenvalue weighted by molar-refractivity contribution is 9.11. The van der Waals surface area contributed by atoms with Gasteiger partial charge in [-0.15, -0.1) is 0 Å². The first kappa shape index (κ1) is 12.8. The maximum absolute atomic E-state index is 12.1. The summed E-state index contributed by atoms with van der Waals surface area (Å²) in [6, 6.07) is 5.46. The van der Waals surface area contributed by atoms with Crippen LogP contribution in [0.2, 0.25) is 0 Å². The third kappa shape index (κ3) is 2.47. The van der Waals surface area contributed by atoms with Crippen LogP contribution in [0.1, 0.15) is 26.5 Å². The molecule has 17 heavy (non-hydrogen) atoms. The average molecular weight is 359 g/mol. The Morgan fingerprint density at radius 3 is 2.35 bits per heavy atom. The summed E-state index contributed by atoms with van der Waals surface area (Å²) in [5.41, 5.74) is 1.77. The maximum atomic E-state index is 12.1. The molecule has 0 amide bonds. The van der Waals surface area contributed by atoms with Gasteiger partial charge < -0.3 is 4.98 Å². The van der Waals surface area contributed by atoms with Crippen LogP contribution in [0.15, 0.2) is 31.9 Å². The fraction of sp³-hybridized carbons (Fsp3) is 0.308. The predicted molar refractivity (Wildman–Crippen MR) is 78.7 cm³/mol. The second-order valence-corrected chi connectivity index (χ2v) is 6.88. The molecule has 1 N–H and O–H groups in total. The second-order valence-electron chi connectivity index (χ2n) is 5.11. The number of halogens is 2. The highest BCUT2D eigenvalue weighted by Crippen LogP contribution is 2.27. The maximum Gasteiger partial charge on any atom is 0.189 e. The highest BCUT2D eigenvalue weighted by Gasteiger charge is 2.17. The molecule has 0 aliphatic rings. The van der Waals surface area contributed by atoms with E-state index in [0.717, 1.165) is 20.2 Å². The number of H-pyrrole nitrogens is 1. The lowest BCUT2D eigenvalue weighted by Crippen LogP contribution is -2.17. The Labute approximate surface area is 117 Å². The van der Waals surface area contributed by atoms with Gasteiger partial charge in [-0.2, -0.15) is 0 Å². The first-order valence-corrected chi connectivity index (χ1v) is 6.90. The van der Waals surface area contributed by atoms with Gasteiger partial charge >= 0.3 is 0 Å². The monoisotopic (exact) mass is 357 g/mol. The number of nitrogens with one attached hydrogen (secondary N) is 1. The number of hydrogen-bond acceptors (Lipinski definition) is 1. The van der Waals surface area contributed by atoms with Crippen molar-refractivity contribution in [1.82, 2.24) is 4.98 Å². The summed E-state index contributed by atoms with van der Waals surface area (Å²) >= 11 is 6.88. The van der Waals surface area contributed by atoms with Crippen molar-refractivity contribution in [3.63, 3.8) is 0 Å². The summed E-state index contributed by atoms with van der Waals surface area (Å²) in [6.45, 7) is 6.24. The largest absolute Gasteiger partial charge is 0.357 e. The van der Waals surface area contributed by atoms with Gasteiger partial charge in [0.15, 0.2) is 5.43 Å². The molecule has 0 aliphatic carbocycles. The van der Waals surface area contributed by atoms with E-state index in [9.17, 15) is 4.79 Å². The van der Waals surface area contributed by atoms with Crippen LogP contribution in [-0.2, 0) is 5.41 Å². The van der Waals surface area contributed by atoms with Crippen molar-refractivity contribution in [2.75, 3.05) is 0 Å². The molecule has 2 nitrogen and oxygen atoms in total. The van der Waals surface area contributed by atoms with E-state index in [2.05, 4.69) is 57.6 Å². The minimum absolute atomic E-state index is 0.0469. The lowest BCUT2D eigenvalue weighted by molar-refractivity contribution is 0.571. The van der Waals surface area contributed by atoms with E-state index in [-0.39, 0.29) is 10.8 Å². The molecule has 0 spiro atoms. The van der Waals surface area contributed by atoms with Crippen molar-refractivity contribution in [3.05, 3.63) is 43.1 Å². The van der Waals surface area contributed by atoms with Gasteiger partial charge in [0.1, 0.15) is 0 Å². The minimum Gasteiger partial charge on any atom is -0.357 e. The average Bonchev–Trinajstić information content (AvgIpc) is 2.17. The number of pyridine rings is 1. The van der Waals surface area contributed by atoms with Crippen LogP contribution in [-0.4, -0.2) is 4.98 Å². The van der Waals surface area contributed by atoms with Crippen molar-refractivity contribution in [2.45, 2.75) is 26.2 Å². The Bertz CT molecular complexity index is 638. The van der Waals surface area contributed by atoms with Gasteiger partial charge in [-0.05, 0) is 28.1 Å². The Balaban J connectivity index is 2.88. The van der Waals surface area contributed by atoms with Crippen LogP contribution in [0.5, 0.6) is 0 Å². The molecule has 0 aliphatic heterocycles. The summed E-state index contributed by atoms with van der Waals surface area (Å²) in [5, 5.41) is 0.694. The van der Waals surface area contributed by atoms with Crippen molar-refractivity contribution in [2.24, 2.45) is 0 Å². The number of fused-ring (bicyclic) bond motifs is 1.